The normalized spacial score (nSPS) is 11.2. The fraction of sp³-hybridized carbons (Fsp3) is 0.0714. The number of benzene rings is 1. The number of aromatic hydroxyl groups is 1. The molecule has 0 spiro atoms. The second-order valence-electron chi connectivity index (χ2n) is 4.55. The summed E-state index contributed by atoms with van der Waals surface area (Å²) in [7, 11) is 0. The first-order valence-electron chi connectivity index (χ1n) is 6.66. The summed E-state index contributed by atoms with van der Waals surface area (Å²) in [5.74, 6) is 0.672. The van der Waals surface area contributed by atoms with Gasteiger partial charge in [0.25, 0.3) is 0 Å². The van der Waals surface area contributed by atoms with Gasteiger partial charge in [-0.2, -0.15) is 9.78 Å². The van der Waals surface area contributed by atoms with E-state index in [-0.39, 0.29) is 10.8 Å². The van der Waals surface area contributed by atoms with E-state index in [0.29, 0.717) is 15.9 Å². The van der Waals surface area contributed by atoms with Crippen molar-refractivity contribution in [2.75, 3.05) is 6.26 Å². The lowest BCUT2D eigenvalue weighted by molar-refractivity contribution is -0.380. The number of nitrogens with zero attached hydrogens (tertiary/aromatic N) is 5. The summed E-state index contributed by atoms with van der Waals surface area (Å²) in [5, 5.41) is 33.3. The number of rotatable bonds is 5. The largest absolute Gasteiger partial charge is 0.508 e. The van der Waals surface area contributed by atoms with Gasteiger partial charge in [-0.25, -0.2) is 0 Å². The van der Waals surface area contributed by atoms with Crippen LogP contribution in [-0.4, -0.2) is 37.4 Å². The number of thioether (sulfide) groups is 1. The van der Waals surface area contributed by atoms with Crippen LogP contribution in [0.5, 0.6) is 5.75 Å². The van der Waals surface area contributed by atoms with Crippen LogP contribution in [0, 0.1) is 10.1 Å². The lowest BCUT2D eigenvalue weighted by Gasteiger charge is -2.02. The van der Waals surface area contributed by atoms with Crippen molar-refractivity contribution >= 4 is 34.3 Å². The maximum absolute atomic E-state index is 10.7. The second-order valence-corrected chi connectivity index (χ2v) is 6.41. The van der Waals surface area contributed by atoms with Crippen molar-refractivity contribution in [1.82, 2.24) is 14.9 Å². The lowest BCUT2D eigenvalue weighted by atomic mass is 10.2. The molecular formula is C14H11N5O3S2. The summed E-state index contributed by atoms with van der Waals surface area (Å²) in [6.45, 7) is 0. The highest BCUT2D eigenvalue weighted by molar-refractivity contribution is 7.98. The molecule has 10 heteroatoms. The number of phenolic OH excluding ortho intramolecular Hbond substituents is 1. The highest BCUT2D eigenvalue weighted by atomic mass is 32.2. The molecule has 0 bridgehead atoms. The molecule has 0 atom stereocenters. The second kappa shape index (κ2) is 6.81. The molecule has 24 heavy (non-hydrogen) atoms. The standard InChI is InChI=1S/C14H11N5O3S2/c1-23-14-17-16-13(9-2-4-10(20)5-3-9)18(14)15-8-11-6-7-12(24-11)19(21)22/h2-8,20H,1H3/b15-8-. The molecule has 0 saturated heterocycles. The summed E-state index contributed by atoms with van der Waals surface area (Å²) >= 11 is 2.42. The quantitative estimate of drug-likeness (QED) is 0.324. The summed E-state index contributed by atoms with van der Waals surface area (Å²) in [4.78, 5) is 11.0. The number of phenols is 1. The zero-order valence-electron chi connectivity index (χ0n) is 12.4. The summed E-state index contributed by atoms with van der Waals surface area (Å²) in [6.07, 6.45) is 3.39. The number of hydrogen-bond acceptors (Lipinski definition) is 8. The van der Waals surface area contributed by atoms with E-state index in [1.807, 2.05) is 6.26 Å². The van der Waals surface area contributed by atoms with Crippen LogP contribution in [0.4, 0.5) is 5.00 Å². The minimum absolute atomic E-state index is 0.0593. The molecule has 0 aliphatic carbocycles. The molecule has 0 fully saturated rings. The maximum Gasteiger partial charge on any atom is 0.324 e. The number of thiophene rings is 1. The van der Waals surface area contributed by atoms with E-state index in [1.54, 1.807) is 35.0 Å². The molecule has 0 aliphatic heterocycles. The minimum atomic E-state index is -0.435. The Hall–Kier alpha value is -2.72. The Kier molecular flexibility index (Phi) is 4.58. The fourth-order valence-electron chi connectivity index (χ4n) is 1.91. The molecule has 0 saturated carbocycles. The van der Waals surface area contributed by atoms with Crippen molar-refractivity contribution in [3.8, 4) is 17.1 Å². The average molecular weight is 361 g/mol. The van der Waals surface area contributed by atoms with Crippen molar-refractivity contribution in [3.63, 3.8) is 0 Å². The fourth-order valence-corrected chi connectivity index (χ4v) is 3.03. The smallest absolute Gasteiger partial charge is 0.324 e. The Morgan fingerprint density at radius 3 is 2.67 bits per heavy atom. The molecule has 0 aliphatic rings. The van der Waals surface area contributed by atoms with Gasteiger partial charge in [-0.3, -0.25) is 10.1 Å². The molecule has 2 aromatic heterocycles. The molecule has 0 radical (unpaired) electrons. The zero-order chi connectivity index (χ0) is 17.1. The van der Waals surface area contributed by atoms with E-state index < -0.39 is 4.92 Å². The molecule has 3 aromatic rings. The van der Waals surface area contributed by atoms with Gasteiger partial charge in [-0.1, -0.05) is 23.1 Å². The predicted molar refractivity (Wildman–Crippen MR) is 92.9 cm³/mol. The molecule has 2 heterocycles. The third kappa shape index (κ3) is 3.29. The van der Waals surface area contributed by atoms with Gasteiger partial charge in [0.1, 0.15) is 5.75 Å². The van der Waals surface area contributed by atoms with Crippen molar-refractivity contribution in [2.24, 2.45) is 5.10 Å². The molecular weight excluding hydrogens is 350 g/mol. The van der Waals surface area contributed by atoms with E-state index in [1.165, 1.54) is 24.0 Å². The number of hydrogen-bond donors (Lipinski definition) is 1. The third-order valence-corrected chi connectivity index (χ3v) is 4.60. The van der Waals surface area contributed by atoms with Crippen molar-refractivity contribution < 1.29 is 10.0 Å². The minimum Gasteiger partial charge on any atom is -0.508 e. The molecule has 8 nitrogen and oxygen atoms in total. The van der Waals surface area contributed by atoms with E-state index in [4.69, 9.17) is 0 Å². The number of aromatic nitrogens is 3. The summed E-state index contributed by atoms with van der Waals surface area (Å²) < 4.78 is 1.56. The first-order chi connectivity index (χ1) is 11.6. The van der Waals surface area contributed by atoms with Crippen LogP contribution < -0.4 is 0 Å². The van der Waals surface area contributed by atoms with Gasteiger partial charge in [-0.05, 0) is 36.6 Å². The Morgan fingerprint density at radius 1 is 1.29 bits per heavy atom. The van der Waals surface area contributed by atoms with Gasteiger partial charge < -0.3 is 5.11 Å². The SMILES string of the molecule is CSc1nnc(-c2ccc(O)cc2)n1/N=C\c1ccc([N+](=O)[O-])s1. The predicted octanol–water partition coefficient (Wildman–Crippen LogP) is 3.22. The average Bonchev–Trinajstić information content (AvgIpc) is 3.20. The maximum atomic E-state index is 10.7. The van der Waals surface area contributed by atoms with E-state index in [9.17, 15) is 15.2 Å². The molecule has 3 rings (SSSR count). The Balaban J connectivity index is 1.96. The van der Waals surface area contributed by atoms with E-state index >= 15 is 0 Å². The van der Waals surface area contributed by atoms with Crippen LogP contribution >= 0.6 is 23.1 Å². The summed E-state index contributed by atoms with van der Waals surface area (Å²) in [5.41, 5.74) is 0.745. The highest BCUT2D eigenvalue weighted by Gasteiger charge is 2.13. The lowest BCUT2D eigenvalue weighted by Crippen LogP contribution is -1.95. The van der Waals surface area contributed by atoms with E-state index in [2.05, 4.69) is 15.3 Å². The number of nitro groups is 1. The van der Waals surface area contributed by atoms with Crippen LogP contribution in [0.3, 0.4) is 0 Å². The Labute approximate surface area is 144 Å². The third-order valence-electron chi connectivity index (χ3n) is 3.01. The Bertz CT molecular complexity index is 902. The summed E-state index contributed by atoms with van der Waals surface area (Å²) in [6, 6.07) is 9.61. The van der Waals surface area contributed by atoms with Crippen molar-refractivity contribution in [2.45, 2.75) is 5.16 Å². The zero-order valence-corrected chi connectivity index (χ0v) is 14.0. The van der Waals surface area contributed by atoms with Gasteiger partial charge in [0.05, 0.1) is 16.0 Å². The van der Waals surface area contributed by atoms with Crippen LogP contribution in [0.15, 0.2) is 46.7 Å². The first kappa shape index (κ1) is 16.1. The van der Waals surface area contributed by atoms with E-state index in [0.717, 1.165) is 16.9 Å². The molecule has 0 amide bonds. The monoisotopic (exact) mass is 361 g/mol. The highest BCUT2D eigenvalue weighted by Crippen LogP contribution is 2.25. The van der Waals surface area contributed by atoms with Crippen LogP contribution in [0.25, 0.3) is 11.4 Å². The first-order valence-corrected chi connectivity index (χ1v) is 8.70. The van der Waals surface area contributed by atoms with Crippen LogP contribution in [-0.2, 0) is 0 Å². The van der Waals surface area contributed by atoms with Crippen molar-refractivity contribution in [1.29, 1.82) is 0 Å². The molecule has 122 valence electrons. The van der Waals surface area contributed by atoms with Gasteiger partial charge in [0.15, 0.2) is 5.82 Å². The van der Waals surface area contributed by atoms with Crippen LogP contribution in [0.2, 0.25) is 0 Å². The molecule has 0 unspecified atom stereocenters. The van der Waals surface area contributed by atoms with Gasteiger partial charge in [0.2, 0.25) is 5.16 Å². The van der Waals surface area contributed by atoms with Crippen molar-refractivity contribution in [3.05, 3.63) is 51.4 Å². The topological polar surface area (TPSA) is 106 Å². The van der Waals surface area contributed by atoms with Gasteiger partial charge >= 0.3 is 5.00 Å². The molecule has 1 aromatic carbocycles. The Morgan fingerprint density at radius 2 is 2.04 bits per heavy atom. The molecule has 1 N–H and O–H groups in total. The van der Waals surface area contributed by atoms with Crippen LogP contribution in [0.1, 0.15) is 4.88 Å². The van der Waals surface area contributed by atoms with Gasteiger partial charge in [0, 0.05) is 11.6 Å². The van der Waals surface area contributed by atoms with Gasteiger partial charge in [-0.15, -0.1) is 10.2 Å².